The molecule has 1 aromatic carbocycles. The highest BCUT2D eigenvalue weighted by molar-refractivity contribution is 5.33. The fraction of sp³-hybridized carbons (Fsp3) is 0.267. The molecule has 0 aliphatic heterocycles. The molecular formula is C15H17FN2. The van der Waals surface area contributed by atoms with E-state index in [2.05, 4.69) is 10.3 Å². The molecule has 0 amide bonds. The minimum Gasteiger partial charge on any atom is -0.306 e. The third-order valence-corrected chi connectivity index (χ3v) is 2.82. The van der Waals surface area contributed by atoms with Gasteiger partial charge in [0.05, 0.1) is 6.04 Å². The van der Waals surface area contributed by atoms with Gasteiger partial charge in [-0.3, -0.25) is 4.98 Å². The highest BCUT2D eigenvalue weighted by Crippen LogP contribution is 2.23. The van der Waals surface area contributed by atoms with Crippen molar-refractivity contribution in [2.45, 2.75) is 19.9 Å². The Balaban J connectivity index is 2.41. The van der Waals surface area contributed by atoms with Crippen LogP contribution in [0.25, 0.3) is 0 Å². The third-order valence-electron chi connectivity index (χ3n) is 2.82. The molecule has 94 valence electrons. The molecule has 0 fully saturated rings. The van der Waals surface area contributed by atoms with Gasteiger partial charge in [0.2, 0.25) is 0 Å². The number of pyridine rings is 1. The van der Waals surface area contributed by atoms with Gasteiger partial charge in [0.25, 0.3) is 0 Å². The van der Waals surface area contributed by atoms with E-state index in [1.165, 1.54) is 6.07 Å². The summed E-state index contributed by atoms with van der Waals surface area (Å²) in [6, 6.07) is 9.00. The number of hydrogen-bond donors (Lipinski definition) is 1. The lowest BCUT2D eigenvalue weighted by Crippen LogP contribution is -2.22. The van der Waals surface area contributed by atoms with Crippen molar-refractivity contribution in [2.24, 2.45) is 0 Å². The maximum Gasteiger partial charge on any atom is 0.123 e. The van der Waals surface area contributed by atoms with E-state index in [4.69, 9.17) is 0 Å². The van der Waals surface area contributed by atoms with Gasteiger partial charge < -0.3 is 5.32 Å². The molecule has 2 nitrogen and oxygen atoms in total. The normalized spacial score (nSPS) is 12.4. The van der Waals surface area contributed by atoms with Crippen LogP contribution in [-0.2, 0) is 0 Å². The van der Waals surface area contributed by atoms with Gasteiger partial charge in [0.15, 0.2) is 0 Å². The van der Waals surface area contributed by atoms with E-state index in [0.29, 0.717) is 0 Å². The zero-order valence-electron chi connectivity index (χ0n) is 10.7. The van der Waals surface area contributed by atoms with Gasteiger partial charge in [-0.05, 0) is 48.4 Å². The summed E-state index contributed by atoms with van der Waals surface area (Å²) >= 11 is 0. The van der Waals surface area contributed by atoms with Crippen LogP contribution in [0.5, 0.6) is 0 Å². The van der Waals surface area contributed by atoms with Crippen LogP contribution >= 0.6 is 0 Å². The maximum absolute atomic E-state index is 13.5. The van der Waals surface area contributed by atoms with Crippen molar-refractivity contribution >= 4 is 0 Å². The number of hydrogen-bond acceptors (Lipinski definition) is 2. The lowest BCUT2D eigenvalue weighted by atomic mass is 9.98. The summed E-state index contributed by atoms with van der Waals surface area (Å²) in [7, 11) is 0. The first kappa shape index (κ1) is 12.7. The molecule has 0 saturated heterocycles. The number of benzene rings is 1. The standard InChI is InChI=1S/C15H17FN2/c1-3-18-15(12-5-4-6-17-10-12)13-7-11(2)8-14(16)9-13/h4-10,15,18H,3H2,1-2H3. The van der Waals surface area contributed by atoms with Crippen molar-refractivity contribution in [3.05, 3.63) is 65.2 Å². The van der Waals surface area contributed by atoms with E-state index in [-0.39, 0.29) is 11.9 Å². The molecule has 1 heterocycles. The lowest BCUT2D eigenvalue weighted by molar-refractivity contribution is 0.601. The Morgan fingerprint density at radius 3 is 2.72 bits per heavy atom. The first-order valence-electron chi connectivity index (χ1n) is 6.11. The summed E-state index contributed by atoms with van der Waals surface area (Å²) in [4.78, 5) is 4.12. The van der Waals surface area contributed by atoms with Gasteiger partial charge in [-0.2, -0.15) is 0 Å². The van der Waals surface area contributed by atoms with E-state index in [9.17, 15) is 4.39 Å². The SMILES string of the molecule is CCNC(c1cccnc1)c1cc(C)cc(F)c1. The van der Waals surface area contributed by atoms with Crippen molar-refractivity contribution in [3.8, 4) is 0 Å². The highest BCUT2D eigenvalue weighted by Gasteiger charge is 2.14. The van der Waals surface area contributed by atoms with Crippen LogP contribution in [0.3, 0.4) is 0 Å². The molecule has 18 heavy (non-hydrogen) atoms. The summed E-state index contributed by atoms with van der Waals surface area (Å²) in [5.74, 6) is -0.197. The molecule has 2 aromatic rings. The molecule has 1 atom stereocenters. The fourth-order valence-electron chi connectivity index (χ4n) is 2.11. The minimum atomic E-state index is -0.197. The summed E-state index contributed by atoms with van der Waals surface area (Å²) in [5, 5.41) is 3.36. The molecule has 1 N–H and O–H groups in total. The Hall–Kier alpha value is -1.74. The average molecular weight is 244 g/mol. The molecule has 1 unspecified atom stereocenters. The van der Waals surface area contributed by atoms with Crippen LogP contribution in [0.2, 0.25) is 0 Å². The number of halogens is 1. The van der Waals surface area contributed by atoms with E-state index in [0.717, 1.165) is 23.2 Å². The molecule has 0 aliphatic carbocycles. The van der Waals surface area contributed by atoms with E-state index in [1.807, 2.05) is 38.2 Å². The van der Waals surface area contributed by atoms with Gasteiger partial charge in [-0.25, -0.2) is 4.39 Å². The monoisotopic (exact) mass is 244 g/mol. The Morgan fingerprint density at radius 1 is 1.28 bits per heavy atom. The second-order valence-electron chi connectivity index (χ2n) is 4.34. The topological polar surface area (TPSA) is 24.9 Å². The predicted octanol–water partition coefficient (Wildman–Crippen LogP) is 3.23. The second-order valence-corrected chi connectivity index (χ2v) is 4.34. The van der Waals surface area contributed by atoms with Crippen molar-refractivity contribution in [1.29, 1.82) is 0 Å². The first-order chi connectivity index (χ1) is 8.70. The second kappa shape index (κ2) is 5.74. The smallest absolute Gasteiger partial charge is 0.123 e. The summed E-state index contributed by atoms with van der Waals surface area (Å²) in [6.45, 7) is 4.75. The minimum absolute atomic E-state index is 0.0156. The van der Waals surface area contributed by atoms with Crippen LogP contribution in [0.15, 0.2) is 42.7 Å². The van der Waals surface area contributed by atoms with Crippen molar-refractivity contribution in [1.82, 2.24) is 10.3 Å². The zero-order valence-corrected chi connectivity index (χ0v) is 10.7. The lowest BCUT2D eigenvalue weighted by Gasteiger charge is -2.19. The molecular weight excluding hydrogens is 227 g/mol. The zero-order chi connectivity index (χ0) is 13.0. The molecule has 0 bridgehead atoms. The van der Waals surface area contributed by atoms with Crippen LogP contribution in [-0.4, -0.2) is 11.5 Å². The van der Waals surface area contributed by atoms with Crippen LogP contribution in [0.1, 0.15) is 29.7 Å². The molecule has 0 spiro atoms. The number of nitrogens with zero attached hydrogens (tertiary/aromatic N) is 1. The van der Waals surface area contributed by atoms with Gasteiger partial charge in [-0.15, -0.1) is 0 Å². The van der Waals surface area contributed by atoms with Gasteiger partial charge in [0, 0.05) is 12.4 Å². The van der Waals surface area contributed by atoms with Gasteiger partial charge >= 0.3 is 0 Å². The van der Waals surface area contributed by atoms with Crippen molar-refractivity contribution in [3.63, 3.8) is 0 Å². The third kappa shape index (κ3) is 2.93. The van der Waals surface area contributed by atoms with Crippen LogP contribution in [0.4, 0.5) is 4.39 Å². The summed E-state index contributed by atoms with van der Waals surface area (Å²) < 4.78 is 13.5. The first-order valence-corrected chi connectivity index (χ1v) is 6.11. The molecule has 0 radical (unpaired) electrons. The number of nitrogens with one attached hydrogen (secondary N) is 1. The van der Waals surface area contributed by atoms with Crippen molar-refractivity contribution in [2.75, 3.05) is 6.54 Å². The molecule has 3 heteroatoms. The number of aryl methyl sites for hydroxylation is 1. The van der Waals surface area contributed by atoms with Gasteiger partial charge in [0.1, 0.15) is 5.82 Å². The quantitative estimate of drug-likeness (QED) is 0.893. The van der Waals surface area contributed by atoms with Crippen molar-refractivity contribution < 1.29 is 4.39 Å². The van der Waals surface area contributed by atoms with Gasteiger partial charge in [-0.1, -0.05) is 19.1 Å². The summed E-state index contributed by atoms with van der Waals surface area (Å²) in [6.07, 6.45) is 3.55. The Labute approximate surface area is 107 Å². The van der Waals surface area contributed by atoms with E-state index >= 15 is 0 Å². The largest absolute Gasteiger partial charge is 0.306 e. The summed E-state index contributed by atoms with van der Waals surface area (Å²) in [5.41, 5.74) is 2.91. The van der Waals surface area contributed by atoms with E-state index in [1.54, 1.807) is 12.3 Å². The Bertz CT molecular complexity index is 491. The molecule has 2 rings (SSSR count). The molecule has 1 aromatic heterocycles. The maximum atomic E-state index is 13.5. The van der Waals surface area contributed by atoms with E-state index < -0.39 is 0 Å². The molecule has 0 aliphatic rings. The highest BCUT2D eigenvalue weighted by atomic mass is 19.1. The van der Waals surface area contributed by atoms with Crippen LogP contribution < -0.4 is 5.32 Å². The Kier molecular flexibility index (Phi) is 4.05. The molecule has 0 saturated carbocycles. The number of rotatable bonds is 4. The average Bonchev–Trinajstić information content (AvgIpc) is 2.36. The number of aromatic nitrogens is 1. The fourth-order valence-corrected chi connectivity index (χ4v) is 2.11. The van der Waals surface area contributed by atoms with Crippen LogP contribution in [0, 0.1) is 12.7 Å². The Morgan fingerprint density at radius 2 is 2.11 bits per heavy atom. The predicted molar refractivity (Wildman–Crippen MR) is 70.9 cm³/mol.